The Morgan fingerprint density at radius 3 is 2.63 bits per heavy atom. The minimum atomic E-state index is 0.589. The van der Waals surface area contributed by atoms with Crippen molar-refractivity contribution in [1.82, 2.24) is 20.3 Å². The summed E-state index contributed by atoms with van der Waals surface area (Å²) in [5.41, 5.74) is 1.73. The lowest BCUT2D eigenvalue weighted by molar-refractivity contribution is 0.628. The third-order valence-corrected chi connectivity index (χ3v) is 3.53. The van der Waals surface area contributed by atoms with Crippen LogP contribution in [0.3, 0.4) is 0 Å². The van der Waals surface area contributed by atoms with E-state index in [-0.39, 0.29) is 0 Å². The van der Waals surface area contributed by atoms with Crippen LogP contribution in [-0.4, -0.2) is 21.5 Å². The molecule has 0 radical (unpaired) electrons. The maximum atomic E-state index is 5.97. The van der Waals surface area contributed by atoms with Crippen LogP contribution in [0.2, 0.25) is 10.0 Å². The van der Waals surface area contributed by atoms with Crippen molar-refractivity contribution in [2.75, 3.05) is 6.54 Å². The van der Waals surface area contributed by atoms with Crippen molar-refractivity contribution >= 4 is 23.2 Å². The fourth-order valence-corrected chi connectivity index (χ4v) is 2.42. The SMILES string of the molecule is Clc1cc(Cl)cc(-n2cc(CNCC3CC3)nn2)c1. The maximum Gasteiger partial charge on any atom is 0.0969 e. The van der Waals surface area contributed by atoms with Gasteiger partial charge in [0.25, 0.3) is 0 Å². The first-order valence-corrected chi connectivity index (χ1v) is 7.05. The van der Waals surface area contributed by atoms with Crippen LogP contribution >= 0.6 is 23.2 Å². The summed E-state index contributed by atoms with van der Waals surface area (Å²) in [7, 11) is 0. The Labute approximate surface area is 121 Å². The Balaban J connectivity index is 1.68. The molecular weight excluding hydrogens is 283 g/mol. The Kier molecular flexibility index (Phi) is 3.73. The van der Waals surface area contributed by atoms with Gasteiger partial charge in [-0.3, -0.25) is 0 Å². The van der Waals surface area contributed by atoms with Gasteiger partial charge >= 0.3 is 0 Å². The molecule has 0 atom stereocenters. The summed E-state index contributed by atoms with van der Waals surface area (Å²) in [5, 5.41) is 12.8. The summed E-state index contributed by atoms with van der Waals surface area (Å²) < 4.78 is 1.69. The summed E-state index contributed by atoms with van der Waals surface area (Å²) in [4.78, 5) is 0. The van der Waals surface area contributed by atoms with Gasteiger partial charge in [0.15, 0.2) is 0 Å². The van der Waals surface area contributed by atoms with E-state index in [9.17, 15) is 0 Å². The number of benzene rings is 1. The molecule has 1 saturated carbocycles. The molecule has 0 bridgehead atoms. The molecule has 1 heterocycles. The molecule has 1 aromatic carbocycles. The lowest BCUT2D eigenvalue weighted by atomic mass is 10.3. The zero-order valence-corrected chi connectivity index (χ0v) is 11.8. The van der Waals surface area contributed by atoms with Gasteiger partial charge in [0, 0.05) is 16.6 Å². The number of hydrogen-bond donors (Lipinski definition) is 1. The standard InChI is InChI=1S/C13H14Cl2N4/c14-10-3-11(15)5-13(4-10)19-8-12(17-18-19)7-16-6-9-1-2-9/h3-5,8-9,16H,1-2,6-7H2. The molecule has 0 spiro atoms. The molecule has 6 heteroatoms. The van der Waals surface area contributed by atoms with Crippen molar-refractivity contribution in [2.45, 2.75) is 19.4 Å². The number of aromatic nitrogens is 3. The monoisotopic (exact) mass is 296 g/mol. The van der Waals surface area contributed by atoms with E-state index in [1.165, 1.54) is 12.8 Å². The van der Waals surface area contributed by atoms with Crippen LogP contribution in [0, 0.1) is 5.92 Å². The van der Waals surface area contributed by atoms with E-state index >= 15 is 0 Å². The van der Waals surface area contributed by atoms with Crippen LogP contribution in [0.25, 0.3) is 5.69 Å². The predicted octanol–water partition coefficient (Wildman–Crippen LogP) is 3.07. The fraction of sp³-hybridized carbons (Fsp3) is 0.385. The number of rotatable bonds is 5. The molecule has 1 aliphatic rings. The second kappa shape index (κ2) is 5.49. The number of hydrogen-bond acceptors (Lipinski definition) is 3. The van der Waals surface area contributed by atoms with Gasteiger partial charge in [0.2, 0.25) is 0 Å². The largest absolute Gasteiger partial charge is 0.311 e. The first-order valence-electron chi connectivity index (χ1n) is 6.29. The van der Waals surface area contributed by atoms with E-state index < -0.39 is 0 Å². The average molecular weight is 297 g/mol. The van der Waals surface area contributed by atoms with Crippen molar-refractivity contribution < 1.29 is 0 Å². The van der Waals surface area contributed by atoms with Gasteiger partial charge in [-0.05, 0) is 43.5 Å². The molecule has 1 N–H and O–H groups in total. The topological polar surface area (TPSA) is 42.7 Å². The highest BCUT2D eigenvalue weighted by molar-refractivity contribution is 6.34. The van der Waals surface area contributed by atoms with Gasteiger partial charge < -0.3 is 5.32 Å². The van der Waals surface area contributed by atoms with E-state index in [1.54, 1.807) is 10.7 Å². The second-order valence-corrected chi connectivity index (χ2v) is 5.73. The average Bonchev–Trinajstić information content (AvgIpc) is 3.04. The normalized spacial score (nSPS) is 14.8. The molecule has 4 nitrogen and oxygen atoms in total. The third kappa shape index (κ3) is 3.47. The summed E-state index contributed by atoms with van der Waals surface area (Å²) in [5.74, 6) is 0.863. The van der Waals surface area contributed by atoms with Crippen LogP contribution in [0.1, 0.15) is 18.5 Å². The first-order chi connectivity index (χ1) is 9.20. The smallest absolute Gasteiger partial charge is 0.0969 e. The molecule has 0 amide bonds. The first kappa shape index (κ1) is 12.9. The summed E-state index contributed by atoms with van der Waals surface area (Å²) in [6, 6.07) is 5.31. The highest BCUT2D eigenvalue weighted by Gasteiger charge is 2.20. The Morgan fingerprint density at radius 2 is 1.95 bits per heavy atom. The van der Waals surface area contributed by atoms with Crippen LogP contribution in [0.15, 0.2) is 24.4 Å². The van der Waals surface area contributed by atoms with Gasteiger partial charge in [-0.25, -0.2) is 4.68 Å². The molecule has 100 valence electrons. The maximum absolute atomic E-state index is 5.97. The zero-order valence-electron chi connectivity index (χ0n) is 10.3. The predicted molar refractivity (Wildman–Crippen MR) is 75.8 cm³/mol. The molecule has 19 heavy (non-hydrogen) atoms. The molecule has 3 rings (SSSR count). The summed E-state index contributed by atoms with van der Waals surface area (Å²) >= 11 is 11.9. The highest BCUT2D eigenvalue weighted by Crippen LogP contribution is 2.27. The van der Waals surface area contributed by atoms with E-state index in [0.29, 0.717) is 10.0 Å². The number of halogens is 2. The molecule has 1 aliphatic carbocycles. The second-order valence-electron chi connectivity index (χ2n) is 4.86. The Hall–Kier alpha value is -1.10. The lowest BCUT2D eigenvalue weighted by Crippen LogP contribution is -2.16. The number of nitrogens with zero attached hydrogens (tertiary/aromatic N) is 3. The fourth-order valence-electron chi connectivity index (χ4n) is 1.90. The van der Waals surface area contributed by atoms with Crippen molar-refractivity contribution in [3.8, 4) is 5.69 Å². The number of nitrogens with one attached hydrogen (secondary N) is 1. The lowest BCUT2D eigenvalue weighted by Gasteiger charge is -2.01. The third-order valence-electron chi connectivity index (χ3n) is 3.09. The van der Waals surface area contributed by atoms with Crippen LogP contribution in [0.4, 0.5) is 0 Å². The Morgan fingerprint density at radius 1 is 1.21 bits per heavy atom. The van der Waals surface area contributed by atoms with Gasteiger partial charge in [-0.1, -0.05) is 28.4 Å². The van der Waals surface area contributed by atoms with Gasteiger partial charge in [-0.15, -0.1) is 5.10 Å². The molecule has 0 unspecified atom stereocenters. The van der Waals surface area contributed by atoms with Crippen molar-refractivity contribution in [1.29, 1.82) is 0 Å². The van der Waals surface area contributed by atoms with Gasteiger partial charge in [0.05, 0.1) is 17.6 Å². The van der Waals surface area contributed by atoms with E-state index in [4.69, 9.17) is 23.2 Å². The quantitative estimate of drug-likeness (QED) is 0.922. The molecule has 2 aromatic rings. The van der Waals surface area contributed by atoms with Crippen molar-refractivity contribution in [3.05, 3.63) is 40.1 Å². The molecule has 1 aromatic heterocycles. The summed E-state index contributed by atoms with van der Waals surface area (Å²) in [6.07, 6.45) is 4.59. The van der Waals surface area contributed by atoms with Crippen LogP contribution < -0.4 is 5.32 Å². The van der Waals surface area contributed by atoms with Gasteiger partial charge in [0.1, 0.15) is 0 Å². The minimum absolute atomic E-state index is 0.589. The highest BCUT2D eigenvalue weighted by atomic mass is 35.5. The van der Waals surface area contributed by atoms with E-state index in [0.717, 1.165) is 30.4 Å². The molecule has 1 fully saturated rings. The van der Waals surface area contributed by atoms with Crippen LogP contribution in [0.5, 0.6) is 0 Å². The van der Waals surface area contributed by atoms with Crippen molar-refractivity contribution in [2.24, 2.45) is 5.92 Å². The van der Waals surface area contributed by atoms with E-state index in [1.807, 2.05) is 18.3 Å². The molecule has 0 aliphatic heterocycles. The van der Waals surface area contributed by atoms with E-state index in [2.05, 4.69) is 15.6 Å². The summed E-state index contributed by atoms with van der Waals surface area (Å²) in [6.45, 7) is 1.81. The molecule has 0 saturated heterocycles. The van der Waals surface area contributed by atoms with Gasteiger partial charge in [-0.2, -0.15) is 0 Å². The van der Waals surface area contributed by atoms with Crippen molar-refractivity contribution in [3.63, 3.8) is 0 Å². The zero-order chi connectivity index (χ0) is 13.2. The molecular formula is C13H14Cl2N4. The minimum Gasteiger partial charge on any atom is -0.311 e. The van der Waals surface area contributed by atoms with Crippen LogP contribution in [-0.2, 0) is 6.54 Å². The Bertz CT molecular complexity index is 558.